The molecule has 1 aliphatic rings. The van der Waals surface area contributed by atoms with Crippen molar-refractivity contribution in [1.82, 2.24) is 9.55 Å². The molecule has 0 bridgehead atoms. The van der Waals surface area contributed by atoms with E-state index in [1.54, 1.807) is 0 Å². The molecule has 90 valence electrons. The van der Waals surface area contributed by atoms with Crippen molar-refractivity contribution in [2.75, 3.05) is 19.8 Å². The lowest BCUT2D eigenvalue weighted by Gasteiger charge is -2.35. The van der Waals surface area contributed by atoms with Gasteiger partial charge in [0.15, 0.2) is 0 Å². The van der Waals surface area contributed by atoms with Gasteiger partial charge in [0, 0.05) is 45.7 Å². The fourth-order valence-corrected chi connectivity index (χ4v) is 2.31. The molecule has 0 unspecified atom stereocenters. The third kappa shape index (κ3) is 2.44. The molecule has 0 radical (unpaired) electrons. The number of aromatic nitrogens is 2. The van der Waals surface area contributed by atoms with E-state index in [1.807, 2.05) is 24.0 Å². The number of ether oxygens (including phenoxy) is 1. The number of hydrogen-bond donors (Lipinski definition) is 1. The molecular weight excluding hydrogens is 204 g/mol. The van der Waals surface area contributed by atoms with E-state index in [0.29, 0.717) is 0 Å². The minimum Gasteiger partial charge on any atom is -0.396 e. The van der Waals surface area contributed by atoms with Crippen LogP contribution < -0.4 is 0 Å². The highest BCUT2D eigenvalue weighted by Crippen LogP contribution is 2.34. The van der Waals surface area contributed by atoms with Crippen molar-refractivity contribution in [2.24, 2.45) is 12.5 Å². The first kappa shape index (κ1) is 11.6. The molecule has 1 N–H and O–H groups in total. The van der Waals surface area contributed by atoms with Crippen molar-refractivity contribution in [3.63, 3.8) is 0 Å². The van der Waals surface area contributed by atoms with Gasteiger partial charge < -0.3 is 14.4 Å². The molecule has 1 saturated heterocycles. The lowest BCUT2D eigenvalue weighted by molar-refractivity contribution is -0.0207. The molecule has 2 heterocycles. The van der Waals surface area contributed by atoms with Gasteiger partial charge in [-0.3, -0.25) is 0 Å². The molecule has 4 heteroatoms. The summed E-state index contributed by atoms with van der Waals surface area (Å²) in [6, 6.07) is 0. The fraction of sp³-hybridized carbons (Fsp3) is 0.750. The second-order valence-corrected chi connectivity index (χ2v) is 4.72. The summed E-state index contributed by atoms with van der Waals surface area (Å²) in [5.74, 6) is 1.10. The highest BCUT2D eigenvalue weighted by molar-refractivity contribution is 4.94. The Kier molecular flexibility index (Phi) is 3.61. The van der Waals surface area contributed by atoms with Crippen LogP contribution in [0.5, 0.6) is 0 Å². The van der Waals surface area contributed by atoms with Crippen LogP contribution in [0.1, 0.15) is 25.1 Å². The van der Waals surface area contributed by atoms with E-state index >= 15 is 0 Å². The topological polar surface area (TPSA) is 47.3 Å². The largest absolute Gasteiger partial charge is 0.396 e. The van der Waals surface area contributed by atoms with E-state index < -0.39 is 0 Å². The highest BCUT2D eigenvalue weighted by Gasteiger charge is 2.31. The van der Waals surface area contributed by atoms with Gasteiger partial charge in [-0.15, -0.1) is 0 Å². The van der Waals surface area contributed by atoms with E-state index in [2.05, 4.69) is 4.98 Å². The Morgan fingerprint density at radius 3 is 2.81 bits per heavy atom. The standard InChI is InChI=1S/C12H20N2O2/c1-14-7-6-13-11(14)2-3-12(10-15)4-8-16-9-5-12/h6-7,15H,2-5,8-10H2,1H3. The molecule has 0 atom stereocenters. The second kappa shape index (κ2) is 4.97. The van der Waals surface area contributed by atoms with Gasteiger partial charge in [0.25, 0.3) is 0 Å². The van der Waals surface area contributed by atoms with Gasteiger partial charge in [-0.25, -0.2) is 4.98 Å². The third-order valence-electron chi connectivity index (χ3n) is 3.69. The summed E-state index contributed by atoms with van der Waals surface area (Å²) in [6.45, 7) is 1.82. The predicted octanol–water partition coefficient (Wildman–Crippen LogP) is 1.14. The Morgan fingerprint density at radius 1 is 1.50 bits per heavy atom. The van der Waals surface area contributed by atoms with Gasteiger partial charge >= 0.3 is 0 Å². The number of aliphatic hydroxyl groups is 1. The van der Waals surface area contributed by atoms with Crippen LogP contribution in [0.3, 0.4) is 0 Å². The SMILES string of the molecule is Cn1ccnc1CCC1(CO)CCOCC1. The average Bonchev–Trinajstić information content (AvgIpc) is 2.74. The molecule has 0 aromatic carbocycles. The number of nitrogens with zero attached hydrogens (tertiary/aromatic N) is 2. The smallest absolute Gasteiger partial charge is 0.108 e. The Morgan fingerprint density at radius 2 is 2.25 bits per heavy atom. The summed E-state index contributed by atoms with van der Waals surface area (Å²) in [7, 11) is 2.01. The molecule has 0 saturated carbocycles. The fourth-order valence-electron chi connectivity index (χ4n) is 2.31. The summed E-state index contributed by atoms with van der Waals surface area (Å²) in [5.41, 5.74) is 0.0597. The van der Waals surface area contributed by atoms with E-state index in [0.717, 1.165) is 44.7 Å². The number of rotatable bonds is 4. The van der Waals surface area contributed by atoms with Crippen molar-refractivity contribution >= 4 is 0 Å². The molecule has 0 aliphatic carbocycles. The first-order chi connectivity index (χ1) is 7.76. The van der Waals surface area contributed by atoms with E-state index in [4.69, 9.17) is 4.74 Å². The quantitative estimate of drug-likeness (QED) is 0.834. The zero-order chi connectivity index (χ0) is 11.4. The molecule has 1 aromatic heterocycles. The molecule has 1 fully saturated rings. The summed E-state index contributed by atoms with van der Waals surface area (Å²) in [4.78, 5) is 4.32. The summed E-state index contributed by atoms with van der Waals surface area (Å²) in [5, 5.41) is 9.56. The molecule has 0 spiro atoms. The van der Waals surface area contributed by atoms with E-state index in [-0.39, 0.29) is 12.0 Å². The van der Waals surface area contributed by atoms with Gasteiger partial charge in [0.05, 0.1) is 0 Å². The monoisotopic (exact) mass is 224 g/mol. The van der Waals surface area contributed by atoms with Crippen LogP contribution in [0.25, 0.3) is 0 Å². The Hall–Kier alpha value is -0.870. The Balaban J connectivity index is 1.94. The maximum Gasteiger partial charge on any atom is 0.108 e. The second-order valence-electron chi connectivity index (χ2n) is 4.72. The van der Waals surface area contributed by atoms with Crippen molar-refractivity contribution in [2.45, 2.75) is 25.7 Å². The van der Waals surface area contributed by atoms with Crippen LogP contribution in [0.15, 0.2) is 12.4 Å². The maximum absolute atomic E-state index is 9.56. The van der Waals surface area contributed by atoms with Crippen molar-refractivity contribution < 1.29 is 9.84 Å². The van der Waals surface area contributed by atoms with Gasteiger partial charge in [-0.2, -0.15) is 0 Å². The minimum atomic E-state index is 0.0597. The van der Waals surface area contributed by atoms with E-state index in [9.17, 15) is 5.11 Å². The number of aliphatic hydroxyl groups excluding tert-OH is 1. The first-order valence-corrected chi connectivity index (χ1v) is 5.91. The molecule has 4 nitrogen and oxygen atoms in total. The van der Waals surface area contributed by atoms with Crippen LogP contribution in [0.4, 0.5) is 0 Å². The average molecular weight is 224 g/mol. The summed E-state index contributed by atoms with van der Waals surface area (Å²) >= 11 is 0. The van der Waals surface area contributed by atoms with Crippen LogP contribution in [0, 0.1) is 5.41 Å². The van der Waals surface area contributed by atoms with Gasteiger partial charge in [0.2, 0.25) is 0 Å². The number of imidazole rings is 1. The highest BCUT2D eigenvalue weighted by atomic mass is 16.5. The molecule has 16 heavy (non-hydrogen) atoms. The normalized spacial score (nSPS) is 19.9. The Bertz CT molecular complexity index is 330. The van der Waals surface area contributed by atoms with Crippen LogP contribution in [-0.2, 0) is 18.2 Å². The zero-order valence-electron chi connectivity index (χ0n) is 9.85. The first-order valence-electron chi connectivity index (χ1n) is 5.91. The number of aryl methyl sites for hydroxylation is 2. The van der Waals surface area contributed by atoms with Crippen molar-refractivity contribution in [3.05, 3.63) is 18.2 Å². The summed E-state index contributed by atoms with van der Waals surface area (Å²) < 4.78 is 7.40. The number of hydrogen-bond acceptors (Lipinski definition) is 3. The van der Waals surface area contributed by atoms with Gasteiger partial charge in [0.1, 0.15) is 5.82 Å². The third-order valence-corrected chi connectivity index (χ3v) is 3.69. The Labute approximate surface area is 96.3 Å². The van der Waals surface area contributed by atoms with Crippen molar-refractivity contribution in [1.29, 1.82) is 0 Å². The van der Waals surface area contributed by atoms with Crippen LogP contribution in [0.2, 0.25) is 0 Å². The predicted molar refractivity (Wildman–Crippen MR) is 61.1 cm³/mol. The van der Waals surface area contributed by atoms with Crippen LogP contribution in [-0.4, -0.2) is 34.5 Å². The lowest BCUT2D eigenvalue weighted by Crippen LogP contribution is -2.33. The van der Waals surface area contributed by atoms with Crippen molar-refractivity contribution in [3.8, 4) is 0 Å². The summed E-state index contributed by atoms with van der Waals surface area (Å²) in [6.07, 6.45) is 7.65. The van der Waals surface area contributed by atoms with Crippen LogP contribution >= 0.6 is 0 Å². The molecule has 0 amide bonds. The molecule has 2 rings (SSSR count). The van der Waals surface area contributed by atoms with E-state index in [1.165, 1.54) is 0 Å². The molecule has 1 aromatic rings. The van der Waals surface area contributed by atoms with Gasteiger partial charge in [-0.05, 0) is 24.7 Å². The molecular formula is C12H20N2O2. The molecule has 1 aliphatic heterocycles. The maximum atomic E-state index is 9.56. The minimum absolute atomic E-state index is 0.0597. The van der Waals surface area contributed by atoms with Gasteiger partial charge in [-0.1, -0.05) is 0 Å². The lowest BCUT2D eigenvalue weighted by atomic mass is 9.77. The zero-order valence-corrected chi connectivity index (χ0v) is 9.85.